The van der Waals surface area contributed by atoms with Crippen LogP contribution in [-0.4, -0.2) is 30.3 Å². The molecule has 7 nitrogen and oxygen atoms in total. The van der Waals surface area contributed by atoms with Crippen LogP contribution in [0.1, 0.15) is 27.8 Å². The smallest absolute Gasteiger partial charge is 0.337 e. The van der Waals surface area contributed by atoms with Gasteiger partial charge in [-0.3, -0.25) is 4.79 Å². The van der Waals surface area contributed by atoms with E-state index < -0.39 is 18.0 Å². The number of aliphatic hydroxyl groups excluding tert-OH is 1. The van der Waals surface area contributed by atoms with Gasteiger partial charge in [0.05, 0.1) is 18.9 Å². The SMILES string of the molecule is COC(=O)c1ccc(-c2ccc(/C=N\NC(=O)[C@H](O)c3ccccc3)o2)cc1. The van der Waals surface area contributed by atoms with Crippen LogP contribution < -0.4 is 5.43 Å². The summed E-state index contributed by atoms with van der Waals surface area (Å²) >= 11 is 0. The zero-order chi connectivity index (χ0) is 19.9. The van der Waals surface area contributed by atoms with Gasteiger partial charge < -0.3 is 14.3 Å². The molecule has 0 radical (unpaired) electrons. The Labute approximate surface area is 161 Å². The molecule has 0 bridgehead atoms. The van der Waals surface area contributed by atoms with Crippen LogP contribution in [0.2, 0.25) is 0 Å². The zero-order valence-electron chi connectivity index (χ0n) is 15.0. The molecule has 1 heterocycles. The van der Waals surface area contributed by atoms with E-state index in [1.54, 1.807) is 66.7 Å². The van der Waals surface area contributed by atoms with Crippen molar-refractivity contribution in [3.8, 4) is 11.3 Å². The van der Waals surface area contributed by atoms with Crippen LogP contribution in [0.3, 0.4) is 0 Å². The van der Waals surface area contributed by atoms with Crippen LogP contribution in [0.5, 0.6) is 0 Å². The maximum atomic E-state index is 11.9. The van der Waals surface area contributed by atoms with E-state index in [4.69, 9.17) is 4.42 Å². The monoisotopic (exact) mass is 378 g/mol. The minimum Gasteiger partial charge on any atom is -0.465 e. The van der Waals surface area contributed by atoms with Gasteiger partial charge in [-0.15, -0.1) is 0 Å². The minimum atomic E-state index is -1.31. The maximum Gasteiger partial charge on any atom is 0.337 e. The van der Waals surface area contributed by atoms with Gasteiger partial charge in [-0.05, 0) is 29.8 Å². The highest BCUT2D eigenvalue weighted by Crippen LogP contribution is 2.22. The average Bonchev–Trinajstić information content (AvgIpc) is 3.22. The lowest BCUT2D eigenvalue weighted by Gasteiger charge is -2.08. The number of aliphatic hydroxyl groups is 1. The fourth-order valence-corrected chi connectivity index (χ4v) is 2.47. The van der Waals surface area contributed by atoms with Crippen molar-refractivity contribution < 1.29 is 23.8 Å². The third kappa shape index (κ3) is 4.52. The van der Waals surface area contributed by atoms with Crippen LogP contribution in [0.4, 0.5) is 0 Å². The average molecular weight is 378 g/mol. The first kappa shape index (κ1) is 19.1. The summed E-state index contributed by atoms with van der Waals surface area (Å²) in [4.78, 5) is 23.4. The van der Waals surface area contributed by atoms with E-state index >= 15 is 0 Å². The second-order valence-electron chi connectivity index (χ2n) is 5.82. The van der Waals surface area contributed by atoms with E-state index in [0.29, 0.717) is 22.6 Å². The number of hydrazone groups is 1. The third-order valence-electron chi connectivity index (χ3n) is 3.95. The van der Waals surface area contributed by atoms with Gasteiger partial charge in [0.25, 0.3) is 5.91 Å². The number of nitrogens with zero attached hydrogens (tertiary/aromatic N) is 1. The number of nitrogens with one attached hydrogen (secondary N) is 1. The Morgan fingerprint density at radius 2 is 1.79 bits per heavy atom. The van der Waals surface area contributed by atoms with Crippen LogP contribution in [0, 0.1) is 0 Å². The van der Waals surface area contributed by atoms with E-state index in [1.165, 1.54) is 13.3 Å². The molecule has 2 N–H and O–H groups in total. The Morgan fingerprint density at radius 3 is 2.46 bits per heavy atom. The number of methoxy groups -OCH3 is 1. The number of benzene rings is 2. The van der Waals surface area contributed by atoms with E-state index in [2.05, 4.69) is 15.3 Å². The summed E-state index contributed by atoms with van der Waals surface area (Å²) in [6.45, 7) is 0. The van der Waals surface area contributed by atoms with Crippen molar-refractivity contribution in [1.82, 2.24) is 5.43 Å². The number of carbonyl (C=O) groups excluding carboxylic acids is 2. The second kappa shape index (κ2) is 8.79. The third-order valence-corrected chi connectivity index (χ3v) is 3.95. The molecule has 28 heavy (non-hydrogen) atoms. The molecule has 0 saturated carbocycles. The molecule has 0 saturated heterocycles. The predicted octanol–water partition coefficient (Wildman–Crippen LogP) is 2.92. The highest BCUT2D eigenvalue weighted by molar-refractivity contribution is 5.90. The molecule has 3 aromatic rings. The Balaban J connectivity index is 1.61. The van der Waals surface area contributed by atoms with E-state index in [0.717, 1.165) is 5.56 Å². The molecule has 1 aromatic heterocycles. The topological polar surface area (TPSA) is 101 Å². The molecule has 1 atom stereocenters. The number of esters is 1. The van der Waals surface area contributed by atoms with Gasteiger partial charge in [0.2, 0.25) is 0 Å². The van der Waals surface area contributed by atoms with E-state index in [-0.39, 0.29) is 0 Å². The molecule has 0 aliphatic heterocycles. The van der Waals surface area contributed by atoms with Gasteiger partial charge in [-0.2, -0.15) is 5.10 Å². The molecule has 2 aromatic carbocycles. The van der Waals surface area contributed by atoms with Crippen LogP contribution in [0.15, 0.2) is 76.2 Å². The van der Waals surface area contributed by atoms with Crippen molar-refractivity contribution in [3.63, 3.8) is 0 Å². The Kier molecular flexibility index (Phi) is 5.98. The van der Waals surface area contributed by atoms with Crippen molar-refractivity contribution in [2.45, 2.75) is 6.10 Å². The van der Waals surface area contributed by atoms with Gasteiger partial charge in [0, 0.05) is 5.56 Å². The molecule has 0 spiro atoms. The number of carbonyl (C=O) groups is 2. The summed E-state index contributed by atoms with van der Waals surface area (Å²) in [6.07, 6.45) is 0.0286. The van der Waals surface area contributed by atoms with Crippen LogP contribution >= 0.6 is 0 Å². The predicted molar refractivity (Wildman–Crippen MR) is 103 cm³/mol. The Hall–Kier alpha value is -3.71. The van der Waals surface area contributed by atoms with Crippen molar-refractivity contribution >= 4 is 18.1 Å². The highest BCUT2D eigenvalue weighted by atomic mass is 16.5. The summed E-state index contributed by atoms with van der Waals surface area (Å²) in [6, 6.07) is 18.8. The number of amides is 1. The summed E-state index contributed by atoms with van der Waals surface area (Å²) in [5.74, 6) is -0.0602. The van der Waals surface area contributed by atoms with Crippen molar-refractivity contribution in [1.29, 1.82) is 0 Å². The summed E-state index contributed by atoms with van der Waals surface area (Å²) in [7, 11) is 1.33. The van der Waals surface area contributed by atoms with E-state index in [1.807, 2.05) is 0 Å². The van der Waals surface area contributed by atoms with Crippen LogP contribution in [0.25, 0.3) is 11.3 Å². The first-order chi connectivity index (χ1) is 13.6. The number of ether oxygens (including phenoxy) is 1. The lowest BCUT2D eigenvalue weighted by molar-refractivity contribution is -0.129. The first-order valence-electron chi connectivity index (χ1n) is 8.43. The summed E-state index contributed by atoms with van der Waals surface area (Å²) in [5.41, 5.74) is 3.97. The van der Waals surface area contributed by atoms with E-state index in [9.17, 15) is 14.7 Å². The molecule has 142 valence electrons. The molecule has 0 unspecified atom stereocenters. The van der Waals surface area contributed by atoms with Gasteiger partial charge in [0.15, 0.2) is 6.10 Å². The molecular formula is C21H18N2O5. The number of hydrogen-bond donors (Lipinski definition) is 2. The number of hydrogen-bond acceptors (Lipinski definition) is 6. The van der Waals surface area contributed by atoms with Gasteiger partial charge in [-0.1, -0.05) is 42.5 Å². The lowest BCUT2D eigenvalue weighted by Crippen LogP contribution is -2.25. The summed E-state index contributed by atoms with van der Waals surface area (Å²) < 4.78 is 10.3. The molecule has 1 amide bonds. The second-order valence-corrected chi connectivity index (χ2v) is 5.82. The minimum absolute atomic E-state index is 0.410. The zero-order valence-corrected chi connectivity index (χ0v) is 15.0. The quantitative estimate of drug-likeness (QED) is 0.390. The highest BCUT2D eigenvalue weighted by Gasteiger charge is 2.16. The van der Waals surface area contributed by atoms with Crippen LogP contribution in [-0.2, 0) is 9.53 Å². The largest absolute Gasteiger partial charge is 0.465 e. The molecule has 3 rings (SSSR count). The first-order valence-corrected chi connectivity index (χ1v) is 8.43. The standard InChI is InChI=1S/C21H18N2O5/c1-27-21(26)16-9-7-14(8-10-16)18-12-11-17(28-18)13-22-23-20(25)19(24)15-5-3-2-4-6-15/h2-13,19,24H,1H3,(H,23,25)/b22-13-/t19-/m1/s1. The molecular weight excluding hydrogens is 360 g/mol. The van der Waals surface area contributed by atoms with Crippen molar-refractivity contribution in [2.24, 2.45) is 5.10 Å². The number of rotatable bonds is 6. The molecule has 0 aliphatic carbocycles. The van der Waals surface area contributed by atoms with Gasteiger partial charge in [0.1, 0.15) is 11.5 Å². The fourth-order valence-electron chi connectivity index (χ4n) is 2.47. The molecule has 7 heteroatoms. The number of furan rings is 1. The molecule has 0 fully saturated rings. The fraction of sp³-hybridized carbons (Fsp3) is 0.0952. The van der Waals surface area contributed by atoms with Gasteiger partial charge >= 0.3 is 5.97 Å². The maximum absolute atomic E-state index is 11.9. The lowest BCUT2D eigenvalue weighted by atomic mass is 10.1. The van der Waals surface area contributed by atoms with Gasteiger partial charge in [-0.25, -0.2) is 10.2 Å². The normalized spacial score (nSPS) is 11.9. The Bertz CT molecular complexity index is 978. The summed E-state index contributed by atoms with van der Waals surface area (Å²) in [5, 5.41) is 13.8. The Morgan fingerprint density at radius 1 is 1.07 bits per heavy atom. The molecule has 0 aliphatic rings. The van der Waals surface area contributed by atoms with Crippen molar-refractivity contribution in [2.75, 3.05) is 7.11 Å². The van der Waals surface area contributed by atoms with Crippen molar-refractivity contribution in [3.05, 3.63) is 83.6 Å².